The molecule has 2 saturated heterocycles. The zero-order valence-corrected chi connectivity index (χ0v) is 15.4. The average molecular weight is 385 g/mol. The molecule has 2 heterocycles. The van der Waals surface area contributed by atoms with E-state index in [-0.39, 0.29) is 18.6 Å². The van der Waals surface area contributed by atoms with Gasteiger partial charge in [-0.2, -0.15) is 0 Å². The molecule has 0 aromatic heterocycles. The Balaban J connectivity index is 1.23. The van der Waals surface area contributed by atoms with Gasteiger partial charge in [0.15, 0.2) is 6.61 Å². The predicted octanol–water partition coefficient (Wildman–Crippen LogP) is 2.74. The standard InChI is InChI=1S/C18H22Cl2N2O3/c19-15-4-3-14(6-16(15)20)24-10-18(23)21-12-5-13-9-25-17(11-1-2-11)8-22(13)7-12/h3-4,6,11-13,17H,1-2,5,7-10H2,(H,21,23)/t12-,13-,17-/m0/s1. The molecule has 3 atom stereocenters. The number of halogens is 2. The van der Waals surface area contributed by atoms with Crippen LogP contribution in [0.3, 0.4) is 0 Å². The third kappa shape index (κ3) is 4.22. The van der Waals surface area contributed by atoms with Crippen LogP contribution in [0, 0.1) is 5.92 Å². The number of nitrogens with one attached hydrogen (secondary N) is 1. The second kappa shape index (κ2) is 7.31. The highest BCUT2D eigenvalue weighted by molar-refractivity contribution is 6.42. The van der Waals surface area contributed by atoms with Crippen molar-refractivity contribution in [2.24, 2.45) is 5.92 Å². The van der Waals surface area contributed by atoms with E-state index in [0.29, 0.717) is 27.9 Å². The van der Waals surface area contributed by atoms with Crippen LogP contribution in [0.25, 0.3) is 0 Å². The largest absolute Gasteiger partial charge is 0.484 e. The fourth-order valence-corrected chi connectivity index (χ4v) is 4.03. The lowest BCUT2D eigenvalue weighted by atomic mass is 10.1. The van der Waals surface area contributed by atoms with Crippen molar-refractivity contribution in [2.45, 2.75) is 37.5 Å². The van der Waals surface area contributed by atoms with Crippen molar-refractivity contribution in [1.82, 2.24) is 10.2 Å². The molecule has 4 rings (SSSR count). The first-order valence-corrected chi connectivity index (χ1v) is 9.57. The Bertz CT molecular complexity index is 653. The third-order valence-electron chi connectivity index (χ3n) is 5.22. The molecule has 5 nitrogen and oxygen atoms in total. The highest BCUT2D eigenvalue weighted by atomic mass is 35.5. The van der Waals surface area contributed by atoms with E-state index in [9.17, 15) is 4.79 Å². The maximum atomic E-state index is 12.2. The van der Waals surface area contributed by atoms with Crippen LogP contribution < -0.4 is 10.1 Å². The fraction of sp³-hybridized carbons (Fsp3) is 0.611. The second-order valence-electron chi connectivity index (χ2n) is 7.18. The zero-order valence-electron chi connectivity index (χ0n) is 13.9. The van der Waals surface area contributed by atoms with Gasteiger partial charge in [-0.15, -0.1) is 0 Å². The molecule has 3 aliphatic rings. The van der Waals surface area contributed by atoms with Crippen molar-refractivity contribution in [3.05, 3.63) is 28.2 Å². The monoisotopic (exact) mass is 384 g/mol. The molecule has 25 heavy (non-hydrogen) atoms. The van der Waals surface area contributed by atoms with Crippen molar-refractivity contribution in [2.75, 3.05) is 26.3 Å². The summed E-state index contributed by atoms with van der Waals surface area (Å²) in [5.74, 6) is 1.18. The first kappa shape index (κ1) is 17.4. The minimum atomic E-state index is -0.115. The van der Waals surface area contributed by atoms with Gasteiger partial charge in [-0.1, -0.05) is 23.2 Å². The summed E-state index contributed by atoms with van der Waals surface area (Å²) in [6.07, 6.45) is 3.93. The van der Waals surface area contributed by atoms with Crippen molar-refractivity contribution in [3.8, 4) is 5.75 Å². The summed E-state index contributed by atoms with van der Waals surface area (Å²) in [7, 11) is 0. The minimum absolute atomic E-state index is 0.0275. The number of nitrogens with zero attached hydrogens (tertiary/aromatic N) is 1. The average Bonchev–Trinajstić information content (AvgIpc) is 3.36. The molecule has 1 aliphatic carbocycles. The van der Waals surface area contributed by atoms with E-state index in [0.717, 1.165) is 32.0 Å². The molecule has 1 N–H and O–H groups in total. The zero-order chi connectivity index (χ0) is 17.4. The first-order chi connectivity index (χ1) is 12.1. The van der Waals surface area contributed by atoms with Crippen LogP contribution in [0.2, 0.25) is 10.0 Å². The van der Waals surface area contributed by atoms with Crippen molar-refractivity contribution < 1.29 is 14.3 Å². The number of benzene rings is 1. The van der Waals surface area contributed by atoms with Crippen LogP contribution >= 0.6 is 23.2 Å². The number of hydrogen-bond donors (Lipinski definition) is 1. The highest BCUT2D eigenvalue weighted by Gasteiger charge is 2.42. The predicted molar refractivity (Wildman–Crippen MR) is 96.3 cm³/mol. The van der Waals surface area contributed by atoms with Gasteiger partial charge in [-0.3, -0.25) is 9.69 Å². The summed E-state index contributed by atoms with van der Waals surface area (Å²) >= 11 is 11.8. The highest BCUT2D eigenvalue weighted by Crippen LogP contribution is 2.37. The van der Waals surface area contributed by atoms with Crippen LogP contribution in [-0.4, -0.2) is 55.3 Å². The summed E-state index contributed by atoms with van der Waals surface area (Å²) in [5, 5.41) is 3.95. The lowest BCUT2D eigenvalue weighted by Gasteiger charge is -2.35. The lowest BCUT2D eigenvalue weighted by molar-refractivity contribution is -0.123. The van der Waals surface area contributed by atoms with Crippen molar-refractivity contribution >= 4 is 29.1 Å². The second-order valence-corrected chi connectivity index (χ2v) is 8.00. The van der Waals surface area contributed by atoms with E-state index in [1.165, 1.54) is 12.8 Å². The Kier molecular flexibility index (Phi) is 5.09. The molecule has 0 radical (unpaired) electrons. The molecule has 1 saturated carbocycles. The number of hydrogen-bond acceptors (Lipinski definition) is 4. The number of amides is 1. The van der Waals surface area contributed by atoms with E-state index in [1.54, 1.807) is 18.2 Å². The van der Waals surface area contributed by atoms with Crippen LogP contribution in [0.4, 0.5) is 0 Å². The van der Waals surface area contributed by atoms with Crippen LogP contribution in [0.1, 0.15) is 19.3 Å². The third-order valence-corrected chi connectivity index (χ3v) is 5.96. The van der Waals surface area contributed by atoms with Gasteiger partial charge in [0.05, 0.1) is 22.8 Å². The van der Waals surface area contributed by atoms with Gasteiger partial charge in [0, 0.05) is 31.2 Å². The van der Waals surface area contributed by atoms with Crippen LogP contribution in [0.5, 0.6) is 5.75 Å². The molecule has 3 fully saturated rings. The lowest BCUT2D eigenvalue weighted by Crippen LogP contribution is -2.47. The summed E-state index contributed by atoms with van der Waals surface area (Å²) in [6, 6.07) is 5.56. The summed E-state index contributed by atoms with van der Waals surface area (Å²) < 4.78 is 11.5. The number of ether oxygens (including phenoxy) is 2. The van der Waals surface area contributed by atoms with Gasteiger partial charge in [0.25, 0.3) is 5.91 Å². The molecular formula is C18H22Cl2N2O3. The van der Waals surface area contributed by atoms with Gasteiger partial charge < -0.3 is 14.8 Å². The molecule has 2 aliphatic heterocycles. The fourth-order valence-electron chi connectivity index (χ4n) is 3.74. The van der Waals surface area contributed by atoms with E-state index in [2.05, 4.69) is 10.2 Å². The molecule has 7 heteroatoms. The summed E-state index contributed by atoms with van der Waals surface area (Å²) in [6.45, 7) is 2.66. The smallest absolute Gasteiger partial charge is 0.258 e. The van der Waals surface area contributed by atoms with Gasteiger partial charge in [-0.25, -0.2) is 0 Å². The number of rotatable bonds is 5. The molecular weight excluding hydrogens is 363 g/mol. The minimum Gasteiger partial charge on any atom is -0.484 e. The number of fused-ring (bicyclic) bond motifs is 1. The summed E-state index contributed by atoms with van der Waals surface area (Å²) in [5.41, 5.74) is 0. The maximum Gasteiger partial charge on any atom is 0.258 e. The number of carbonyl (C=O) groups excluding carboxylic acids is 1. The van der Waals surface area contributed by atoms with Gasteiger partial charge in [0.2, 0.25) is 0 Å². The Morgan fingerprint density at radius 1 is 1.28 bits per heavy atom. The van der Waals surface area contributed by atoms with Crippen LogP contribution in [0.15, 0.2) is 18.2 Å². The van der Waals surface area contributed by atoms with E-state index < -0.39 is 0 Å². The van der Waals surface area contributed by atoms with Gasteiger partial charge >= 0.3 is 0 Å². The topological polar surface area (TPSA) is 50.8 Å². The Morgan fingerprint density at radius 3 is 2.88 bits per heavy atom. The normalized spacial score (nSPS) is 29.3. The van der Waals surface area contributed by atoms with E-state index >= 15 is 0 Å². The molecule has 1 aromatic rings. The van der Waals surface area contributed by atoms with E-state index in [4.69, 9.17) is 32.7 Å². The van der Waals surface area contributed by atoms with Gasteiger partial charge in [0.1, 0.15) is 5.75 Å². The Labute approximate surface area is 157 Å². The summed E-state index contributed by atoms with van der Waals surface area (Å²) in [4.78, 5) is 14.6. The SMILES string of the molecule is O=C(COc1ccc(Cl)c(Cl)c1)N[C@H]1C[C@H]2CO[C@H](C3CC3)CN2C1. The van der Waals surface area contributed by atoms with Crippen molar-refractivity contribution in [3.63, 3.8) is 0 Å². The maximum absolute atomic E-state index is 12.2. The number of carbonyl (C=O) groups is 1. The Morgan fingerprint density at radius 2 is 2.12 bits per heavy atom. The first-order valence-electron chi connectivity index (χ1n) is 8.81. The quantitative estimate of drug-likeness (QED) is 0.847. The Hall–Kier alpha value is -1.01. The molecule has 1 aromatic carbocycles. The molecule has 136 valence electrons. The van der Waals surface area contributed by atoms with Gasteiger partial charge in [-0.05, 0) is 37.3 Å². The molecule has 0 bridgehead atoms. The van der Waals surface area contributed by atoms with Crippen molar-refractivity contribution in [1.29, 1.82) is 0 Å². The molecule has 0 spiro atoms. The number of morpholine rings is 1. The van der Waals surface area contributed by atoms with E-state index in [1.807, 2.05) is 0 Å². The van der Waals surface area contributed by atoms with Crippen LogP contribution in [-0.2, 0) is 9.53 Å². The molecule has 0 unspecified atom stereocenters. The molecule has 1 amide bonds.